The average Bonchev–Trinajstić information content (AvgIpc) is 2.74. The van der Waals surface area contributed by atoms with E-state index in [1.54, 1.807) is 0 Å². The summed E-state index contributed by atoms with van der Waals surface area (Å²) in [4.78, 5) is 11.7. The van der Waals surface area contributed by atoms with E-state index in [0.717, 1.165) is 25.1 Å². The normalized spacial score (nSPS) is 15.0. The standard InChI is InChI=1S/C23H28N2O2/c26-23(27-18-20-7-2-1-3-8-20)25-15-5-4-6-19-9-11-21(12-10-19)22-13-16-24-17-14-22/h1-4,6-12,22,24H,5,13-18H2,(H,25,26). The summed E-state index contributed by atoms with van der Waals surface area (Å²) in [6, 6.07) is 18.5. The second-order valence-corrected chi connectivity index (χ2v) is 6.87. The van der Waals surface area contributed by atoms with E-state index in [4.69, 9.17) is 4.74 Å². The minimum absolute atomic E-state index is 0.298. The maximum Gasteiger partial charge on any atom is 0.407 e. The molecule has 2 aromatic rings. The molecule has 0 unspecified atom stereocenters. The molecule has 2 aromatic carbocycles. The van der Waals surface area contributed by atoms with Crippen molar-refractivity contribution in [2.75, 3.05) is 19.6 Å². The summed E-state index contributed by atoms with van der Waals surface area (Å²) in [6.45, 7) is 3.10. The van der Waals surface area contributed by atoms with Crippen molar-refractivity contribution in [1.29, 1.82) is 0 Å². The SMILES string of the molecule is O=C(NCCC=Cc1ccc(C2CCNCC2)cc1)OCc1ccccc1. The zero-order valence-corrected chi connectivity index (χ0v) is 15.7. The van der Waals surface area contributed by atoms with Crippen LogP contribution in [0.3, 0.4) is 0 Å². The van der Waals surface area contributed by atoms with E-state index in [1.807, 2.05) is 30.3 Å². The summed E-state index contributed by atoms with van der Waals surface area (Å²) < 4.78 is 5.19. The second kappa shape index (κ2) is 10.5. The van der Waals surface area contributed by atoms with Gasteiger partial charge in [0.15, 0.2) is 0 Å². The molecule has 27 heavy (non-hydrogen) atoms. The second-order valence-electron chi connectivity index (χ2n) is 6.87. The predicted molar refractivity (Wildman–Crippen MR) is 110 cm³/mol. The highest BCUT2D eigenvalue weighted by atomic mass is 16.5. The lowest BCUT2D eigenvalue weighted by Crippen LogP contribution is -2.26. The Morgan fingerprint density at radius 1 is 1.07 bits per heavy atom. The zero-order valence-electron chi connectivity index (χ0n) is 15.7. The van der Waals surface area contributed by atoms with E-state index in [-0.39, 0.29) is 6.09 Å². The van der Waals surface area contributed by atoms with Crippen molar-refractivity contribution in [3.63, 3.8) is 0 Å². The van der Waals surface area contributed by atoms with Crippen LogP contribution in [0.2, 0.25) is 0 Å². The van der Waals surface area contributed by atoms with Gasteiger partial charge in [0, 0.05) is 6.54 Å². The smallest absolute Gasteiger partial charge is 0.407 e. The van der Waals surface area contributed by atoms with Gasteiger partial charge in [-0.25, -0.2) is 4.79 Å². The van der Waals surface area contributed by atoms with Crippen LogP contribution in [0, 0.1) is 0 Å². The Bertz CT molecular complexity index is 720. The fourth-order valence-electron chi connectivity index (χ4n) is 3.29. The molecule has 1 aliphatic rings. The first kappa shape index (κ1) is 19.2. The van der Waals surface area contributed by atoms with Gasteiger partial charge in [0.25, 0.3) is 0 Å². The summed E-state index contributed by atoms with van der Waals surface area (Å²) in [6.07, 6.45) is 7.03. The van der Waals surface area contributed by atoms with Crippen molar-refractivity contribution in [3.05, 3.63) is 77.4 Å². The van der Waals surface area contributed by atoms with Crippen molar-refractivity contribution in [1.82, 2.24) is 10.6 Å². The highest BCUT2D eigenvalue weighted by Gasteiger charge is 2.14. The number of alkyl carbamates (subject to hydrolysis) is 1. The Morgan fingerprint density at radius 3 is 2.56 bits per heavy atom. The van der Waals surface area contributed by atoms with Crippen LogP contribution in [0.15, 0.2) is 60.7 Å². The number of hydrogen-bond acceptors (Lipinski definition) is 3. The number of ether oxygens (including phenoxy) is 1. The van der Waals surface area contributed by atoms with Gasteiger partial charge >= 0.3 is 6.09 Å². The van der Waals surface area contributed by atoms with Crippen LogP contribution in [0.1, 0.15) is 41.9 Å². The Balaban J connectivity index is 1.33. The molecule has 0 spiro atoms. The third kappa shape index (κ3) is 6.57. The fourth-order valence-corrected chi connectivity index (χ4v) is 3.29. The number of carbonyl (C=O) groups excluding carboxylic acids is 1. The minimum Gasteiger partial charge on any atom is -0.445 e. The first-order valence-corrected chi connectivity index (χ1v) is 9.73. The number of carbonyl (C=O) groups is 1. The van der Waals surface area contributed by atoms with Gasteiger partial charge in [0.1, 0.15) is 6.61 Å². The third-order valence-corrected chi connectivity index (χ3v) is 4.85. The average molecular weight is 364 g/mol. The molecule has 0 radical (unpaired) electrons. The lowest BCUT2D eigenvalue weighted by molar-refractivity contribution is 0.140. The monoisotopic (exact) mass is 364 g/mol. The lowest BCUT2D eigenvalue weighted by Gasteiger charge is -2.22. The van der Waals surface area contributed by atoms with Crippen LogP contribution in [0.5, 0.6) is 0 Å². The number of benzene rings is 2. The van der Waals surface area contributed by atoms with Gasteiger partial charge in [-0.05, 0) is 55.0 Å². The molecule has 0 atom stereocenters. The molecule has 2 N–H and O–H groups in total. The Hall–Kier alpha value is -2.59. The van der Waals surface area contributed by atoms with Gasteiger partial charge in [-0.1, -0.05) is 66.7 Å². The van der Waals surface area contributed by atoms with Crippen molar-refractivity contribution >= 4 is 12.2 Å². The zero-order chi connectivity index (χ0) is 18.7. The number of nitrogens with one attached hydrogen (secondary N) is 2. The minimum atomic E-state index is -0.376. The molecule has 0 aliphatic carbocycles. The summed E-state index contributed by atoms with van der Waals surface area (Å²) >= 11 is 0. The van der Waals surface area contributed by atoms with Gasteiger partial charge in [-0.3, -0.25) is 0 Å². The predicted octanol–water partition coefficient (Wildman–Crippen LogP) is 4.48. The molecule has 1 saturated heterocycles. The molecule has 0 saturated carbocycles. The van der Waals surface area contributed by atoms with Crippen LogP contribution >= 0.6 is 0 Å². The van der Waals surface area contributed by atoms with E-state index >= 15 is 0 Å². The molecule has 0 aromatic heterocycles. The maximum absolute atomic E-state index is 11.7. The van der Waals surface area contributed by atoms with Gasteiger partial charge in [-0.2, -0.15) is 0 Å². The summed E-state index contributed by atoms with van der Waals surface area (Å²) in [5, 5.41) is 6.18. The quantitative estimate of drug-likeness (QED) is 0.712. The molecule has 4 heteroatoms. The van der Waals surface area contributed by atoms with Gasteiger partial charge < -0.3 is 15.4 Å². The molecule has 1 aliphatic heterocycles. The maximum atomic E-state index is 11.7. The topological polar surface area (TPSA) is 50.4 Å². The van der Waals surface area contributed by atoms with E-state index in [0.29, 0.717) is 19.1 Å². The summed E-state index contributed by atoms with van der Waals surface area (Å²) in [7, 11) is 0. The largest absolute Gasteiger partial charge is 0.445 e. The Labute approximate surface area is 161 Å². The summed E-state index contributed by atoms with van der Waals surface area (Å²) in [5.74, 6) is 0.690. The molecule has 142 valence electrons. The number of amides is 1. The molecule has 4 nitrogen and oxygen atoms in total. The highest BCUT2D eigenvalue weighted by molar-refractivity contribution is 5.67. The van der Waals surface area contributed by atoms with Crippen LogP contribution < -0.4 is 10.6 Å². The lowest BCUT2D eigenvalue weighted by atomic mass is 9.90. The van der Waals surface area contributed by atoms with Crippen LogP contribution in [0.4, 0.5) is 4.79 Å². The van der Waals surface area contributed by atoms with E-state index < -0.39 is 0 Å². The van der Waals surface area contributed by atoms with Gasteiger partial charge in [-0.15, -0.1) is 0 Å². The van der Waals surface area contributed by atoms with Crippen molar-refractivity contribution < 1.29 is 9.53 Å². The molecule has 3 rings (SSSR count). The van der Waals surface area contributed by atoms with Crippen molar-refractivity contribution in [3.8, 4) is 0 Å². The molecule has 0 bridgehead atoms. The number of rotatable bonds is 7. The molecule has 1 amide bonds. The van der Waals surface area contributed by atoms with Crippen molar-refractivity contribution in [2.45, 2.75) is 31.8 Å². The van der Waals surface area contributed by atoms with E-state index in [2.05, 4.69) is 47.1 Å². The molecule has 1 heterocycles. The molecule has 1 fully saturated rings. The van der Waals surface area contributed by atoms with Gasteiger partial charge in [0.05, 0.1) is 0 Å². The van der Waals surface area contributed by atoms with Crippen LogP contribution in [-0.2, 0) is 11.3 Å². The van der Waals surface area contributed by atoms with E-state index in [9.17, 15) is 4.79 Å². The van der Waals surface area contributed by atoms with Crippen LogP contribution in [-0.4, -0.2) is 25.7 Å². The Morgan fingerprint density at radius 2 is 1.81 bits per heavy atom. The molecular formula is C23H28N2O2. The van der Waals surface area contributed by atoms with Crippen molar-refractivity contribution in [2.24, 2.45) is 0 Å². The van der Waals surface area contributed by atoms with E-state index in [1.165, 1.54) is 24.0 Å². The number of hydrogen-bond donors (Lipinski definition) is 2. The highest BCUT2D eigenvalue weighted by Crippen LogP contribution is 2.25. The third-order valence-electron chi connectivity index (χ3n) is 4.85. The summed E-state index contributed by atoms with van der Waals surface area (Å²) in [5.41, 5.74) is 3.62. The first-order valence-electron chi connectivity index (χ1n) is 9.73. The van der Waals surface area contributed by atoms with Gasteiger partial charge in [0.2, 0.25) is 0 Å². The fraction of sp³-hybridized carbons (Fsp3) is 0.348. The Kier molecular flexibility index (Phi) is 7.48. The number of piperidine rings is 1. The van der Waals surface area contributed by atoms with Crippen LogP contribution in [0.25, 0.3) is 6.08 Å². The molecular weight excluding hydrogens is 336 g/mol. The first-order chi connectivity index (χ1) is 13.3.